The summed E-state index contributed by atoms with van der Waals surface area (Å²) < 4.78 is 13.1. The van der Waals surface area contributed by atoms with Crippen LogP contribution in [0.4, 0.5) is 0 Å². The molecule has 0 unspecified atom stereocenters. The van der Waals surface area contributed by atoms with E-state index >= 15 is 0 Å². The summed E-state index contributed by atoms with van der Waals surface area (Å²) in [6.45, 7) is 1.87. The van der Waals surface area contributed by atoms with Crippen LogP contribution >= 0.6 is 35.0 Å². The summed E-state index contributed by atoms with van der Waals surface area (Å²) in [6.07, 6.45) is 0.979. The maximum atomic E-state index is 6.46. The molecule has 1 N–H and O–H groups in total. The number of halogens is 2. The molecule has 0 radical (unpaired) electrons. The first-order valence-electron chi connectivity index (χ1n) is 9.36. The number of benzene rings is 2. The monoisotopic (exact) mass is 467 g/mol. The van der Waals surface area contributed by atoms with Gasteiger partial charge in [0.15, 0.2) is 11.5 Å². The van der Waals surface area contributed by atoms with E-state index in [0.717, 1.165) is 35.0 Å². The summed E-state index contributed by atoms with van der Waals surface area (Å²) in [5.74, 6) is 2.16. The zero-order chi connectivity index (χ0) is 21.3. The number of hydrogen-bond donors (Lipinski definition) is 1. The molecule has 10 heteroatoms. The van der Waals surface area contributed by atoms with E-state index in [1.54, 1.807) is 29.6 Å². The van der Waals surface area contributed by atoms with Gasteiger partial charge in [-0.2, -0.15) is 0 Å². The van der Waals surface area contributed by atoms with E-state index in [-0.39, 0.29) is 0 Å². The fourth-order valence-corrected chi connectivity index (χ4v) is 3.92. The molecule has 1 aromatic heterocycles. The topological polar surface area (TPSA) is 74.1 Å². The van der Waals surface area contributed by atoms with Crippen LogP contribution in [0.2, 0.25) is 10.0 Å². The van der Waals surface area contributed by atoms with Gasteiger partial charge in [-0.05, 0) is 52.7 Å². The Balaban J connectivity index is 1.48. The van der Waals surface area contributed by atoms with Crippen LogP contribution in [0.25, 0.3) is 0 Å². The van der Waals surface area contributed by atoms with E-state index in [1.165, 1.54) is 0 Å². The van der Waals surface area contributed by atoms with Gasteiger partial charge in [-0.1, -0.05) is 47.1 Å². The fourth-order valence-electron chi connectivity index (χ4n) is 2.70. The number of rotatable bonds is 11. The maximum Gasteiger partial charge on any atom is 0.209 e. The SMILES string of the molecule is COc1cc(CNCCCSc2nnnn2C)c(Cl)cc1OCc1cccc(Cl)c1. The second-order valence-electron chi connectivity index (χ2n) is 6.48. The van der Waals surface area contributed by atoms with Crippen LogP contribution in [0.3, 0.4) is 0 Å². The van der Waals surface area contributed by atoms with Crippen molar-refractivity contribution in [1.82, 2.24) is 25.5 Å². The third-order valence-corrected chi connectivity index (χ3v) is 5.93. The number of methoxy groups -OCH3 is 1. The maximum absolute atomic E-state index is 6.46. The summed E-state index contributed by atoms with van der Waals surface area (Å²) in [7, 11) is 3.45. The second-order valence-corrected chi connectivity index (χ2v) is 8.38. The lowest BCUT2D eigenvalue weighted by molar-refractivity contribution is 0.284. The van der Waals surface area contributed by atoms with Crippen molar-refractivity contribution in [2.75, 3.05) is 19.4 Å². The van der Waals surface area contributed by atoms with Crippen molar-refractivity contribution in [3.05, 3.63) is 57.6 Å². The molecule has 30 heavy (non-hydrogen) atoms. The Morgan fingerprint density at radius 1 is 1.17 bits per heavy atom. The lowest BCUT2D eigenvalue weighted by Gasteiger charge is -2.14. The van der Waals surface area contributed by atoms with Crippen molar-refractivity contribution in [2.45, 2.75) is 24.7 Å². The molecule has 2 aromatic carbocycles. The number of tetrazole rings is 1. The summed E-state index contributed by atoms with van der Waals surface area (Å²) in [5.41, 5.74) is 1.93. The van der Waals surface area contributed by atoms with Crippen LogP contribution in [0, 0.1) is 0 Å². The minimum absolute atomic E-state index is 0.379. The van der Waals surface area contributed by atoms with Crippen molar-refractivity contribution < 1.29 is 9.47 Å². The largest absolute Gasteiger partial charge is 0.493 e. The molecule has 7 nitrogen and oxygen atoms in total. The summed E-state index contributed by atoms with van der Waals surface area (Å²) in [4.78, 5) is 0. The predicted molar refractivity (Wildman–Crippen MR) is 120 cm³/mol. The number of aromatic nitrogens is 4. The van der Waals surface area contributed by atoms with E-state index in [0.29, 0.717) is 34.7 Å². The first kappa shape index (κ1) is 22.7. The Hall–Kier alpha value is -2.00. The molecule has 0 atom stereocenters. The number of thioether (sulfide) groups is 1. The molecule has 0 aliphatic rings. The van der Waals surface area contributed by atoms with E-state index in [2.05, 4.69) is 20.8 Å². The van der Waals surface area contributed by atoms with E-state index in [4.69, 9.17) is 32.7 Å². The lowest BCUT2D eigenvalue weighted by Crippen LogP contribution is -2.16. The van der Waals surface area contributed by atoms with E-state index in [1.807, 2.05) is 37.4 Å². The number of nitrogens with zero attached hydrogens (tertiary/aromatic N) is 4. The smallest absolute Gasteiger partial charge is 0.209 e. The van der Waals surface area contributed by atoms with Crippen LogP contribution in [0.1, 0.15) is 17.5 Å². The molecule has 0 bridgehead atoms. The van der Waals surface area contributed by atoms with Crippen molar-refractivity contribution in [1.29, 1.82) is 0 Å². The highest BCUT2D eigenvalue weighted by molar-refractivity contribution is 7.99. The van der Waals surface area contributed by atoms with Gasteiger partial charge in [-0.15, -0.1) is 5.10 Å². The Bertz CT molecular complexity index is 970. The lowest BCUT2D eigenvalue weighted by atomic mass is 10.2. The van der Waals surface area contributed by atoms with Gasteiger partial charge in [-0.3, -0.25) is 0 Å². The van der Waals surface area contributed by atoms with Gasteiger partial charge in [0.25, 0.3) is 0 Å². The molecule has 0 amide bonds. The number of nitrogens with one attached hydrogen (secondary N) is 1. The summed E-state index contributed by atoms with van der Waals surface area (Å²) >= 11 is 14.1. The standard InChI is InChI=1S/C20H23Cl2N5O2S/c1-27-20(24-25-26-27)30-8-4-7-23-12-15-10-18(28-2)19(11-17(15)22)29-13-14-5-3-6-16(21)9-14/h3,5-6,9-11,23H,4,7-8,12-13H2,1-2H3. The zero-order valence-electron chi connectivity index (χ0n) is 16.8. The molecule has 0 aliphatic carbocycles. The first-order chi connectivity index (χ1) is 14.6. The van der Waals surface area contributed by atoms with Crippen molar-refractivity contribution in [2.24, 2.45) is 7.05 Å². The van der Waals surface area contributed by atoms with Gasteiger partial charge in [0.05, 0.1) is 7.11 Å². The average Bonchev–Trinajstić information content (AvgIpc) is 3.14. The molecule has 0 saturated heterocycles. The Morgan fingerprint density at radius 3 is 2.77 bits per heavy atom. The van der Waals surface area contributed by atoms with Crippen LogP contribution in [0.5, 0.6) is 11.5 Å². The van der Waals surface area contributed by atoms with Gasteiger partial charge >= 0.3 is 0 Å². The number of ether oxygens (including phenoxy) is 2. The molecule has 160 valence electrons. The van der Waals surface area contributed by atoms with Crippen LogP contribution in [-0.4, -0.2) is 39.6 Å². The molecule has 1 heterocycles. The van der Waals surface area contributed by atoms with Gasteiger partial charge < -0.3 is 14.8 Å². The minimum atomic E-state index is 0.379. The highest BCUT2D eigenvalue weighted by atomic mass is 35.5. The van der Waals surface area contributed by atoms with Crippen molar-refractivity contribution in [3.8, 4) is 11.5 Å². The van der Waals surface area contributed by atoms with Gasteiger partial charge in [0.1, 0.15) is 6.61 Å². The molecule has 0 spiro atoms. The number of aryl methyl sites for hydroxylation is 1. The quantitative estimate of drug-likeness (QED) is 0.331. The van der Waals surface area contributed by atoms with Crippen molar-refractivity contribution >= 4 is 35.0 Å². The highest BCUT2D eigenvalue weighted by Crippen LogP contribution is 2.34. The van der Waals surface area contributed by atoms with E-state index in [9.17, 15) is 0 Å². The average molecular weight is 468 g/mol. The zero-order valence-corrected chi connectivity index (χ0v) is 19.1. The molecular formula is C20H23Cl2N5O2S. The second kappa shape index (κ2) is 11.4. The van der Waals surface area contributed by atoms with Crippen LogP contribution in [0.15, 0.2) is 41.6 Å². The number of hydrogen-bond acceptors (Lipinski definition) is 7. The molecule has 0 aliphatic heterocycles. The third kappa shape index (κ3) is 6.50. The van der Waals surface area contributed by atoms with Crippen LogP contribution in [-0.2, 0) is 20.2 Å². The first-order valence-corrected chi connectivity index (χ1v) is 11.1. The Labute approximate surface area is 190 Å². The predicted octanol–water partition coefficient (Wildman–Crippen LogP) is 4.38. The van der Waals surface area contributed by atoms with Crippen LogP contribution < -0.4 is 14.8 Å². The molecule has 0 saturated carbocycles. The van der Waals surface area contributed by atoms with Gasteiger partial charge in [-0.25, -0.2) is 4.68 Å². The van der Waals surface area contributed by atoms with Gasteiger partial charge in [0.2, 0.25) is 5.16 Å². The minimum Gasteiger partial charge on any atom is -0.493 e. The van der Waals surface area contributed by atoms with Gasteiger partial charge in [0, 0.05) is 35.5 Å². The molecule has 3 rings (SSSR count). The van der Waals surface area contributed by atoms with E-state index < -0.39 is 0 Å². The third-order valence-electron chi connectivity index (χ3n) is 4.24. The Kier molecular flexibility index (Phi) is 8.62. The Morgan fingerprint density at radius 2 is 2.03 bits per heavy atom. The highest BCUT2D eigenvalue weighted by Gasteiger charge is 2.11. The molecule has 3 aromatic rings. The molecular weight excluding hydrogens is 445 g/mol. The fraction of sp³-hybridized carbons (Fsp3) is 0.350. The normalized spacial score (nSPS) is 10.9. The summed E-state index contributed by atoms with van der Waals surface area (Å²) in [6, 6.07) is 11.2. The molecule has 0 fully saturated rings. The summed E-state index contributed by atoms with van der Waals surface area (Å²) in [5, 5.41) is 16.9. The van der Waals surface area contributed by atoms with Crippen molar-refractivity contribution in [3.63, 3.8) is 0 Å².